The lowest BCUT2D eigenvalue weighted by molar-refractivity contribution is -0.121. The Morgan fingerprint density at radius 1 is 1.17 bits per heavy atom. The van der Waals surface area contributed by atoms with E-state index in [2.05, 4.69) is 5.32 Å². The molecule has 5 heteroatoms. The van der Waals surface area contributed by atoms with Crippen LogP contribution >= 0.6 is 23.4 Å². The number of hydrogen-bond acceptors (Lipinski definition) is 2. The fraction of sp³-hybridized carbons (Fsp3) is 0.278. The molecular weight excluding hydrogens is 333 g/mol. The zero-order valence-corrected chi connectivity index (χ0v) is 14.6. The van der Waals surface area contributed by atoms with Gasteiger partial charge < -0.3 is 5.32 Å². The number of rotatable bonds is 6. The average molecular weight is 352 g/mol. The van der Waals surface area contributed by atoms with Gasteiger partial charge in [-0.25, -0.2) is 4.39 Å². The van der Waals surface area contributed by atoms with E-state index in [-0.39, 0.29) is 23.0 Å². The highest BCUT2D eigenvalue weighted by Gasteiger charge is 2.20. The summed E-state index contributed by atoms with van der Waals surface area (Å²) in [6, 6.07) is 13.5. The Kier molecular flexibility index (Phi) is 6.48. The molecule has 0 spiro atoms. The van der Waals surface area contributed by atoms with Gasteiger partial charge in [0, 0.05) is 9.92 Å². The van der Waals surface area contributed by atoms with Gasteiger partial charge >= 0.3 is 0 Å². The van der Waals surface area contributed by atoms with Crippen molar-refractivity contribution in [3.63, 3.8) is 0 Å². The van der Waals surface area contributed by atoms with Crippen LogP contribution in [0.1, 0.15) is 31.9 Å². The lowest BCUT2D eigenvalue weighted by Gasteiger charge is -2.19. The number of benzene rings is 2. The molecular formula is C18H19ClFNOS. The molecule has 1 amide bonds. The predicted molar refractivity (Wildman–Crippen MR) is 94.3 cm³/mol. The Bertz CT molecular complexity index is 645. The van der Waals surface area contributed by atoms with Crippen molar-refractivity contribution in [2.45, 2.75) is 36.5 Å². The van der Waals surface area contributed by atoms with E-state index in [4.69, 9.17) is 11.6 Å². The average Bonchev–Trinajstić information content (AvgIpc) is 2.54. The summed E-state index contributed by atoms with van der Waals surface area (Å²) in [5, 5.41) is 3.49. The molecule has 2 unspecified atom stereocenters. The predicted octanol–water partition coefficient (Wildman–Crippen LogP) is 5.23. The minimum absolute atomic E-state index is 0.0238. The molecule has 0 radical (unpaired) electrons. The highest BCUT2D eigenvalue weighted by molar-refractivity contribution is 8.00. The summed E-state index contributed by atoms with van der Waals surface area (Å²) in [5.74, 6) is -0.304. The maximum Gasteiger partial charge on any atom is 0.233 e. The molecule has 2 rings (SSSR count). The van der Waals surface area contributed by atoms with E-state index >= 15 is 0 Å². The van der Waals surface area contributed by atoms with Crippen LogP contribution in [0.15, 0.2) is 53.4 Å². The second kappa shape index (κ2) is 8.37. The minimum Gasteiger partial charge on any atom is -0.349 e. The van der Waals surface area contributed by atoms with Crippen LogP contribution in [0.5, 0.6) is 0 Å². The van der Waals surface area contributed by atoms with Crippen LogP contribution in [-0.2, 0) is 4.79 Å². The van der Waals surface area contributed by atoms with Gasteiger partial charge in [-0.2, -0.15) is 0 Å². The Hall–Kier alpha value is -1.52. The summed E-state index contributed by atoms with van der Waals surface area (Å²) in [4.78, 5) is 13.5. The lowest BCUT2D eigenvalue weighted by atomic mass is 10.1. The van der Waals surface area contributed by atoms with Crippen molar-refractivity contribution < 1.29 is 9.18 Å². The van der Waals surface area contributed by atoms with Gasteiger partial charge in [-0.3, -0.25) is 4.79 Å². The first kappa shape index (κ1) is 17.8. The molecule has 0 saturated carbocycles. The topological polar surface area (TPSA) is 29.1 Å². The number of halogens is 2. The Balaban J connectivity index is 1.99. The zero-order chi connectivity index (χ0) is 16.8. The molecule has 0 saturated heterocycles. The van der Waals surface area contributed by atoms with E-state index in [1.165, 1.54) is 23.9 Å². The van der Waals surface area contributed by atoms with Gasteiger partial charge in [-0.05, 0) is 55.3 Å². The third-order valence-electron chi connectivity index (χ3n) is 3.48. The van der Waals surface area contributed by atoms with E-state index in [9.17, 15) is 9.18 Å². The molecule has 2 aromatic carbocycles. The van der Waals surface area contributed by atoms with E-state index in [1.807, 2.05) is 38.1 Å². The van der Waals surface area contributed by atoms with Crippen molar-refractivity contribution in [3.05, 3.63) is 64.9 Å². The maximum atomic E-state index is 13.0. The number of amides is 1. The molecule has 23 heavy (non-hydrogen) atoms. The van der Waals surface area contributed by atoms with Crippen molar-refractivity contribution in [2.75, 3.05) is 0 Å². The van der Waals surface area contributed by atoms with Crippen LogP contribution < -0.4 is 5.32 Å². The van der Waals surface area contributed by atoms with Crippen LogP contribution in [0, 0.1) is 5.82 Å². The number of nitrogens with one attached hydrogen (secondary N) is 1. The zero-order valence-electron chi connectivity index (χ0n) is 13.1. The van der Waals surface area contributed by atoms with Gasteiger partial charge in [-0.15, -0.1) is 11.8 Å². The third-order valence-corrected chi connectivity index (χ3v) is 5.11. The van der Waals surface area contributed by atoms with Crippen LogP contribution in [0.4, 0.5) is 4.39 Å². The minimum atomic E-state index is -0.281. The van der Waals surface area contributed by atoms with Gasteiger partial charge in [-0.1, -0.05) is 30.7 Å². The molecule has 0 bridgehead atoms. The molecule has 0 aromatic heterocycles. The van der Waals surface area contributed by atoms with E-state index < -0.39 is 0 Å². The second-order valence-electron chi connectivity index (χ2n) is 5.25. The van der Waals surface area contributed by atoms with E-state index in [1.54, 1.807) is 12.1 Å². The monoisotopic (exact) mass is 351 g/mol. The van der Waals surface area contributed by atoms with Crippen LogP contribution in [-0.4, -0.2) is 11.2 Å². The van der Waals surface area contributed by atoms with Gasteiger partial charge in [0.05, 0.1) is 11.3 Å². The highest BCUT2D eigenvalue weighted by Crippen LogP contribution is 2.27. The van der Waals surface area contributed by atoms with Crippen LogP contribution in [0.25, 0.3) is 0 Å². The van der Waals surface area contributed by atoms with Gasteiger partial charge in [0.1, 0.15) is 5.82 Å². The number of thioether (sulfide) groups is 1. The molecule has 0 aliphatic rings. The summed E-state index contributed by atoms with van der Waals surface area (Å²) in [6.45, 7) is 3.88. The number of carbonyl (C=O) groups excluding carboxylic acids is 1. The van der Waals surface area contributed by atoms with Crippen molar-refractivity contribution in [2.24, 2.45) is 0 Å². The fourth-order valence-corrected chi connectivity index (χ4v) is 3.23. The van der Waals surface area contributed by atoms with Crippen LogP contribution in [0.2, 0.25) is 5.02 Å². The maximum absolute atomic E-state index is 13.0. The van der Waals surface area contributed by atoms with Crippen molar-refractivity contribution in [1.82, 2.24) is 5.32 Å². The molecule has 2 nitrogen and oxygen atoms in total. The first-order valence-corrected chi connectivity index (χ1v) is 8.73. The molecule has 1 N–H and O–H groups in total. The quantitative estimate of drug-likeness (QED) is 0.722. The molecule has 0 aliphatic carbocycles. The van der Waals surface area contributed by atoms with E-state index in [0.29, 0.717) is 5.02 Å². The Morgan fingerprint density at radius 2 is 1.78 bits per heavy atom. The molecule has 0 heterocycles. The van der Waals surface area contributed by atoms with Crippen molar-refractivity contribution >= 4 is 29.3 Å². The number of hydrogen-bond donors (Lipinski definition) is 1. The lowest BCUT2D eigenvalue weighted by Crippen LogP contribution is -2.34. The summed E-state index contributed by atoms with van der Waals surface area (Å²) in [5.41, 5.74) is 0.881. The largest absolute Gasteiger partial charge is 0.349 e. The Morgan fingerprint density at radius 3 is 2.35 bits per heavy atom. The molecule has 122 valence electrons. The van der Waals surface area contributed by atoms with Crippen molar-refractivity contribution in [1.29, 1.82) is 0 Å². The number of carbonyl (C=O) groups is 1. The molecule has 2 aromatic rings. The molecule has 0 aliphatic heterocycles. The SMILES string of the molecule is CCC(Sc1ccc(Cl)cc1)C(=O)NC(C)c1ccc(F)cc1. The summed E-state index contributed by atoms with van der Waals surface area (Å²) in [7, 11) is 0. The van der Waals surface area contributed by atoms with E-state index in [0.717, 1.165) is 16.9 Å². The first-order chi connectivity index (χ1) is 11.0. The van der Waals surface area contributed by atoms with Gasteiger partial charge in [0.2, 0.25) is 5.91 Å². The fourth-order valence-electron chi connectivity index (χ4n) is 2.14. The summed E-state index contributed by atoms with van der Waals surface area (Å²) in [6.07, 6.45) is 0.718. The highest BCUT2D eigenvalue weighted by atomic mass is 35.5. The normalized spacial score (nSPS) is 13.4. The molecule has 0 fully saturated rings. The molecule has 2 atom stereocenters. The third kappa shape index (κ3) is 5.26. The smallest absolute Gasteiger partial charge is 0.233 e. The van der Waals surface area contributed by atoms with Crippen molar-refractivity contribution in [3.8, 4) is 0 Å². The summed E-state index contributed by atoms with van der Waals surface area (Å²) >= 11 is 7.39. The van der Waals surface area contributed by atoms with Gasteiger partial charge in [0.25, 0.3) is 0 Å². The second-order valence-corrected chi connectivity index (χ2v) is 6.96. The Labute approximate surface area is 145 Å². The first-order valence-electron chi connectivity index (χ1n) is 7.47. The van der Waals surface area contributed by atoms with Gasteiger partial charge in [0.15, 0.2) is 0 Å². The van der Waals surface area contributed by atoms with Crippen LogP contribution in [0.3, 0.4) is 0 Å². The summed E-state index contributed by atoms with van der Waals surface area (Å²) < 4.78 is 13.0. The standard InChI is InChI=1S/C18H19ClFNOS/c1-3-17(23-16-10-6-14(19)7-11-16)18(22)21-12(2)13-4-8-15(20)9-5-13/h4-12,17H,3H2,1-2H3,(H,21,22).